The number of thiophene rings is 1. The average Bonchev–Trinajstić information content (AvgIpc) is 2.65. The molecule has 1 amide bonds. The molecule has 0 aromatic carbocycles. The van der Waals surface area contributed by atoms with E-state index in [2.05, 4.69) is 31.9 Å². The molecule has 0 aliphatic carbocycles. The minimum atomic E-state index is -0.919. The zero-order valence-electron chi connectivity index (χ0n) is 7.19. The Hall–Kier alpha value is -0.0700. The van der Waals surface area contributed by atoms with Crippen LogP contribution in [0.15, 0.2) is 17.5 Å². The van der Waals surface area contributed by atoms with Crippen molar-refractivity contribution < 1.29 is 9.90 Å². The second kappa shape index (κ2) is 5.72. The minimum absolute atomic E-state index is 0.126. The molecule has 1 heterocycles. The lowest BCUT2D eigenvalue weighted by atomic mass is 10.4. The van der Waals surface area contributed by atoms with Gasteiger partial charge in [0.15, 0.2) is 0 Å². The van der Waals surface area contributed by atoms with Crippen LogP contribution < -0.4 is 4.90 Å². The summed E-state index contributed by atoms with van der Waals surface area (Å²) in [6, 6.07) is 3.64. The maximum absolute atomic E-state index is 10.9. The van der Waals surface area contributed by atoms with Gasteiger partial charge in [0, 0.05) is 16.7 Å². The summed E-state index contributed by atoms with van der Waals surface area (Å²) in [5.74, 6) is 0. The first-order chi connectivity index (χ1) is 6.65. The Labute approximate surface area is 103 Å². The van der Waals surface area contributed by atoms with Crippen LogP contribution in [0.3, 0.4) is 0 Å². The third-order valence-electron chi connectivity index (χ3n) is 1.55. The number of nitrogens with zero attached hydrogens (tertiary/aromatic N) is 1. The fraction of sp³-hybridized carbons (Fsp3) is 0.375. The summed E-state index contributed by atoms with van der Waals surface area (Å²) in [4.78, 5) is 12.4. The molecule has 0 aliphatic heterocycles. The standard InChI is InChI=1S/C8H9Br2NO2S/c9-4-6(10)5-11(8(12)13)7-2-1-3-14-7/h1-3,6H,4-5H2,(H,12,13). The van der Waals surface area contributed by atoms with Crippen molar-refractivity contribution in [3.8, 4) is 0 Å². The third kappa shape index (κ3) is 3.25. The van der Waals surface area contributed by atoms with Crippen molar-refractivity contribution in [2.24, 2.45) is 0 Å². The van der Waals surface area contributed by atoms with Gasteiger partial charge in [-0.25, -0.2) is 4.79 Å². The summed E-state index contributed by atoms with van der Waals surface area (Å²) >= 11 is 8.10. The van der Waals surface area contributed by atoms with Gasteiger partial charge in [0.05, 0.1) is 0 Å². The smallest absolute Gasteiger partial charge is 0.412 e. The maximum atomic E-state index is 10.9. The summed E-state index contributed by atoms with van der Waals surface area (Å²) in [5, 5.41) is 12.3. The molecule has 1 unspecified atom stereocenters. The molecule has 3 nitrogen and oxygen atoms in total. The lowest BCUT2D eigenvalue weighted by Crippen LogP contribution is -2.34. The van der Waals surface area contributed by atoms with Crippen LogP contribution in [0, 0.1) is 0 Å². The van der Waals surface area contributed by atoms with E-state index in [1.165, 1.54) is 16.2 Å². The molecular weight excluding hydrogens is 334 g/mol. The predicted octanol–water partition coefficient (Wildman–Crippen LogP) is 3.39. The Morgan fingerprint density at radius 2 is 2.43 bits per heavy atom. The highest BCUT2D eigenvalue weighted by Crippen LogP contribution is 2.22. The quantitative estimate of drug-likeness (QED) is 0.852. The number of halogens is 2. The Balaban J connectivity index is 2.71. The van der Waals surface area contributed by atoms with Crippen molar-refractivity contribution in [1.82, 2.24) is 0 Å². The summed E-state index contributed by atoms with van der Waals surface area (Å²) in [6.07, 6.45) is -0.919. The largest absolute Gasteiger partial charge is 0.465 e. The summed E-state index contributed by atoms with van der Waals surface area (Å²) in [5.41, 5.74) is 0. The summed E-state index contributed by atoms with van der Waals surface area (Å²) < 4.78 is 0. The van der Waals surface area contributed by atoms with E-state index >= 15 is 0 Å². The third-order valence-corrected chi connectivity index (χ3v) is 4.71. The average molecular weight is 343 g/mol. The van der Waals surface area contributed by atoms with E-state index in [9.17, 15) is 4.79 Å². The normalized spacial score (nSPS) is 12.4. The first-order valence-electron chi connectivity index (χ1n) is 3.89. The van der Waals surface area contributed by atoms with E-state index in [1.807, 2.05) is 11.4 Å². The molecule has 1 atom stereocenters. The molecule has 1 aromatic heterocycles. The summed E-state index contributed by atoms with van der Waals surface area (Å²) in [7, 11) is 0. The molecule has 0 fully saturated rings. The number of anilines is 1. The lowest BCUT2D eigenvalue weighted by Gasteiger charge is -2.19. The van der Waals surface area contributed by atoms with Crippen molar-refractivity contribution in [1.29, 1.82) is 0 Å². The summed E-state index contributed by atoms with van der Waals surface area (Å²) in [6.45, 7) is 0.446. The molecule has 1 rings (SSSR count). The van der Waals surface area contributed by atoms with Crippen LogP contribution in [0.25, 0.3) is 0 Å². The Kier molecular flexibility index (Phi) is 4.91. The molecule has 0 spiro atoms. The Morgan fingerprint density at radius 3 is 2.86 bits per heavy atom. The van der Waals surface area contributed by atoms with Gasteiger partial charge in [-0.3, -0.25) is 4.90 Å². The molecule has 14 heavy (non-hydrogen) atoms. The van der Waals surface area contributed by atoms with E-state index in [-0.39, 0.29) is 4.83 Å². The van der Waals surface area contributed by atoms with E-state index < -0.39 is 6.09 Å². The highest BCUT2D eigenvalue weighted by Gasteiger charge is 2.18. The number of carboxylic acid groups (broad SMARTS) is 1. The molecule has 6 heteroatoms. The van der Waals surface area contributed by atoms with Gasteiger partial charge in [-0.15, -0.1) is 11.3 Å². The number of hydrogen-bond donors (Lipinski definition) is 1. The van der Waals surface area contributed by atoms with Crippen LogP contribution in [0.4, 0.5) is 9.80 Å². The predicted molar refractivity (Wildman–Crippen MR) is 66.2 cm³/mol. The van der Waals surface area contributed by atoms with E-state index in [4.69, 9.17) is 5.11 Å². The van der Waals surface area contributed by atoms with Crippen molar-refractivity contribution in [2.45, 2.75) is 4.83 Å². The van der Waals surface area contributed by atoms with E-state index in [0.717, 1.165) is 10.3 Å². The van der Waals surface area contributed by atoms with Crippen LogP contribution >= 0.6 is 43.2 Å². The first-order valence-corrected chi connectivity index (χ1v) is 6.81. The van der Waals surface area contributed by atoms with Gasteiger partial charge >= 0.3 is 6.09 Å². The van der Waals surface area contributed by atoms with Gasteiger partial charge in [-0.05, 0) is 17.5 Å². The number of alkyl halides is 2. The Morgan fingerprint density at radius 1 is 1.71 bits per heavy atom. The molecule has 0 bridgehead atoms. The van der Waals surface area contributed by atoms with Gasteiger partial charge in [-0.2, -0.15) is 0 Å². The van der Waals surface area contributed by atoms with Crippen LogP contribution in [0.5, 0.6) is 0 Å². The molecule has 78 valence electrons. The second-order valence-corrected chi connectivity index (χ2v) is 5.46. The first kappa shape index (κ1) is 12.0. The van der Waals surface area contributed by atoms with Crippen LogP contribution in [-0.2, 0) is 0 Å². The molecule has 0 aliphatic rings. The SMILES string of the molecule is O=C(O)N(CC(Br)CBr)c1cccs1. The van der Waals surface area contributed by atoms with Crippen molar-refractivity contribution in [2.75, 3.05) is 16.8 Å². The number of carbonyl (C=O) groups is 1. The highest BCUT2D eigenvalue weighted by molar-refractivity contribution is 9.12. The zero-order valence-corrected chi connectivity index (χ0v) is 11.2. The molecule has 0 saturated carbocycles. The Bertz CT molecular complexity index is 292. The number of amides is 1. The van der Waals surface area contributed by atoms with Gasteiger partial charge in [0.1, 0.15) is 5.00 Å². The van der Waals surface area contributed by atoms with Gasteiger partial charge in [0.2, 0.25) is 0 Å². The monoisotopic (exact) mass is 341 g/mol. The van der Waals surface area contributed by atoms with Crippen LogP contribution in [0.2, 0.25) is 0 Å². The van der Waals surface area contributed by atoms with Crippen molar-refractivity contribution in [3.63, 3.8) is 0 Å². The molecular formula is C8H9Br2NO2S. The minimum Gasteiger partial charge on any atom is -0.465 e. The topological polar surface area (TPSA) is 40.5 Å². The fourth-order valence-electron chi connectivity index (χ4n) is 0.933. The van der Waals surface area contributed by atoms with E-state index in [1.54, 1.807) is 6.07 Å². The van der Waals surface area contributed by atoms with Gasteiger partial charge in [-0.1, -0.05) is 31.9 Å². The molecule has 0 saturated heterocycles. The zero-order chi connectivity index (χ0) is 10.6. The molecule has 1 aromatic rings. The number of rotatable bonds is 4. The van der Waals surface area contributed by atoms with Crippen LogP contribution in [0.1, 0.15) is 0 Å². The van der Waals surface area contributed by atoms with Crippen LogP contribution in [-0.4, -0.2) is 27.9 Å². The van der Waals surface area contributed by atoms with Gasteiger partial charge in [0.25, 0.3) is 0 Å². The van der Waals surface area contributed by atoms with Crippen molar-refractivity contribution >= 4 is 54.3 Å². The fourth-order valence-corrected chi connectivity index (χ4v) is 2.16. The second-order valence-electron chi connectivity index (χ2n) is 2.60. The molecule has 0 radical (unpaired) electrons. The lowest BCUT2D eigenvalue weighted by molar-refractivity contribution is 0.202. The van der Waals surface area contributed by atoms with Gasteiger partial charge < -0.3 is 5.11 Å². The van der Waals surface area contributed by atoms with E-state index in [0.29, 0.717) is 6.54 Å². The number of hydrogen-bond acceptors (Lipinski definition) is 2. The van der Waals surface area contributed by atoms with Crippen molar-refractivity contribution in [3.05, 3.63) is 17.5 Å². The molecule has 1 N–H and O–H groups in total. The highest BCUT2D eigenvalue weighted by atomic mass is 79.9. The maximum Gasteiger partial charge on any atom is 0.412 e.